The number of hydrogen-bond acceptors (Lipinski definition) is 2. The molecule has 2 aliphatic rings. The van der Waals surface area contributed by atoms with Gasteiger partial charge >= 0.3 is 0 Å². The second-order valence-electron chi connectivity index (χ2n) is 6.02. The van der Waals surface area contributed by atoms with Crippen LogP contribution < -0.4 is 5.32 Å². The molecule has 2 nitrogen and oxygen atoms in total. The molecule has 3 unspecified atom stereocenters. The van der Waals surface area contributed by atoms with Gasteiger partial charge in [0.2, 0.25) is 0 Å². The average Bonchev–Trinajstić information content (AvgIpc) is 2.27. The first kappa shape index (κ1) is 12.4. The normalized spacial score (nSPS) is 40.9. The number of rotatable bonds is 3. The van der Waals surface area contributed by atoms with E-state index in [1.54, 1.807) is 0 Å². The summed E-state index contributed by atoms with van der Waals surface area (Å²) < 4.78 is 6.10. The lowest BCUT2D eigenvalue weighted by Crippen LogP contribution is -2.39. The molecule has 0 amide bonds. The van der Waals surface area contributed by atoms with Gasteiger partial charge in [-0.3, -0.25) is 0 Å². The van der Waals surface area contributed by atoms with Gasteiger partial charge in [0.25, 0.3) is 0 Å². The minimum absolute atomic E-state index is 0.530. The van der Waals surface area contributed by atoms with Crippen molar-refractivity contribution in [3.63, 3.8) is 0 Å². The Bertz CT molecular complexity index is 191. The Morgan fingerprint density at radius 2 is 1.81 bits per heavy atom. The summed E-state index contributed by atoms with van der Waals surface area (Å²) in [6.07, 6.45) is 8.49. The highest BCUT2D eigenvalue weighted by Gasteiger charge is 2.25. The molecule has 1 saturated heterocycles. The molecule has 1 saturated carbocycles. The molecule has 16 heavy (non-hydrogen) atoms. The molecule has 0 aromatic heterocycles. The van der Waals surface area contributed by atoms with Crippen LogP contribution in [0.4, 0.5) is 0 Å². The number of piperidine rings is 1. The fraction of sp³-hybridized carbons (Fsp3) is 1.00. The van der Waals surface area contributed by atoms with Gasteiger partial charge in [-0.15, -0.1) is 0 Å². The molecule has 94 valence electrons. The van der Waals surface area contributed by atoms with E-state index in [1.165, 1.54) is 45.1 Å². The first-order chi connectivity index (χ1) is 7.74. The van der Waals surface area contributed by atoms with Crippen molar-refractivity contribution < 1.29 is 4.74 Å². The second-order valence-corrected chi connectivity index (χ2v) is 6.02. The maximum absolute atomic E-state index is 6.10. The maximum atomic E-state index is 6.10. The molecule has 0 bridgehead atoms. The van der Waals surface area contributed by atoms with E-state index in [0.717, 1.165) is 18.4 Å². The van der Waals surface area contributed by atoms with Gasteiger partial charge in [0, 0.05) is 6.04 Å². The van der Waals surface area contributed by atoms with Gasteiger partial charge in [0.1, 0.15) is 0 Å². The Hall–Kier alpha value is -0.0800. The molecule has 0 aromatic carbocycles. The smallest absolute Gasteiger partial charge is 0.0623 e. The lowest BCUT2D eigenvalue weighted by molar-refractivity contribution is -0.0116. The van der Waals surface area contributed by atoms with Gasteiger partial charge < -0.3 is 10.1 Å². The zero-order valence-corrected chi connectivity index (χ0v) is 10.9. The summed E-state index contributed by atoms with van der Waals surface area (Å²) in [4.78, 5) is 0. The van der Waals surface area contributed by atoms with Crippen LogP contribution in [0.15, 0.2) is 0 Å². The van der Waals surface area contributed by atoms with Crippen LogP contribution in [0.3, 0.4) is 0 Å². The van der Waals surface area contributed by atoms with E-state index in [9.17, 15) is 0 Å². The molecule has 1 aliphatic carbocycles. The molecule has 2 heteroatoms. The molecule has 0 aromatic rings. The minimum Gasteiger partial charge on any atom is -0.377 e. The first-order valence-corrected chi connectivity index (χ1v) is 7.09. The summed E-state index contributed by atoms with van der Waals surface area (Å²) >= 11 is 0. The van der Waals surface area contributed by atoms with Crippen molar-refractivity contribution >= 4 is 0 Å². The summed E-state index contributed by atoms with van der Waals surface area (Å²) in [5.74, 6) is 1.71. The quantitative estimate of drug-likeness (QED) is 0.797. The van der Waals surface area contributed by atoms with Crippen LogP contribution in [0.5, 0.6) is 0 Å². The summed E-state index contributed by atoms with van der Waals surface area (Å²) in [5, 5.41) is 3.56. The monoisotopic (exact) mass is 225 g/mol. The molecular weight excluding hydrogens is 198 g/mol. The number of ether oxygens (including phenoxy) is 1. The molecule has 1 aliphatic heterocycles. The average molecular weight is 225 g/mol. The minimum atomic E-state index is 0.530. The number of nitrogens with one attached hydrogen (secondary N) is 1. The summed E-state index contributed by atoms with van der Waals surface area (Å²) in [6.45, 7) is 6.85. The molecule has 1 heterocycles. The van der Waals surface area contributed by atoms with Gasteiger partial charge in [0.05, 0.1) is 12.7 Å². The molecule has 2 rings (SSSR count). The third kappa shape index (κ3) is 3.74. The van der Waals surface area contributed by atoms with Gasteiger partial charge in [0.15, 0.2) is 0 Å². The second kappa shape index (κ2) is 6.02. The topological polar surface area (TPSA) is 21.3 Å². The third-order valence-electron chi connectivity index (χ3n) is 4.08. The van der Waals surface area contributed by atoms with Crippen LogP contribution in [0, 0.1) is 11.8 Å². The molecule has 2 fully saturated rings. The Kier molecular flexibility index (Phi) is 4.66. The van der Waals surface area contributed by atoms with Crippen LogP contribution >= 0.6 is 0 Å². The summed E-state index contributed by atoms with van der Waals surface area (Å²) in [5.41, 5.74) is 0. The van der Waals surface area contributed by atoms with Gasteiger partial charge in [-0.1, -0.05) is 20.3 Å². The Morgan fingerprint density at radius 3 is 2.44 bits per heavy atom. The zero-order chi connectivity index (χ0) is 11.4. The predicted octanol–water partition coefficient (Wildman–Crippen LogP) is 2.97. The van der Waals surface area contributed by atoms with Crippen LogP contribution in [0.2, 0.25) is 0 Å². The predicted molar refractivity (Wildman–Crippen MR) is 67.6 cm³/mol. The van der Waals surface area contributed by atoms with Crippen molar-refractivity contribution in [2.45, 2.75) is 64.5 Å². The fourth-order valence-electron chi connectivity index (χ4n) is 3.33. The highest BCUT2D eigenvalue weighted by atomic mass is 16.5. The van der Waals surface area contributed by atoms with Gasteiger partial charge in [-0.05, 0) is 50.5 Å². The van der Waals surface area contributed by atoms with E-state index in [4.69, 9.17) is 4.74 Å². The highest BCUT2D eigenvalue weighted by molar-refractivity contribution is 4.77. The van der Waals surface area contributed by atoms with Crippen molar-refractivity contribution in [1.29, 1.82) is 0 Å². The summed E-state index contributed by atoms with van der Waals surface area (Å²) in [7, 11) is 0. The fourth-order valence-corrected chi connectivity index (χ4v) is 3.33. The zero-order valence-electron chi connectivity index (χ0n) is 10.9. The van der Waals surface area contributed by atoms with Crippen LogP contribution in [0.1, 0.15) is 52.4 Å². The number of hydrogen-bond donors (Lipinski definition) is 1. The molecule has 1 N–H and O–H groups in total. The van der Waals surface area contributed by atoms with Crippen molar-refractivity contribution in [3.8, 4) is 0 Å². The summed E-state index contributed by atoms with van der Waals surface area (Å²) in [6, 6.07) is 0.626. The van der Waals surface area contributed by atoms with Crippen LogP contribution in [-0.4, -0.2) is 25.3 Å². The molecule has 0 radical (unpaired) electrons. The molecule has 0 spiro atoms. The van der Waals surface area contributed by atoms with E-state index >= 15 is 0 Å². The first-order valence-electron chi connectivity index (χ1n) is 7.09. The highest BCUT2D eigenvalue weighted by Crippen LogP contribution is 2.30. The molecule has 3 atom stereocenters. The van der Waals surface area contributed by atoms with E-state index in [0.29, 0.717) is 12.1 Å². The van der Waals surface area contributed by atoms with Crippen LogP contribution in [-0.2, 0) is 4.74 Å². The largest absolute Gasteiger partial charge is 0.377 e. The standard InChI is InChI=1S/C14H27NO/c1-11-7-12(2)9-14(8-11)16-10-13-5-3-4-6-15-13/h11-15H,3-10H2,1-2H3. The van der Waals surface area contributed by atoms with Gasteiger partial charge in [-0.2, -0.15) is 0 Å². The van der Waals surface area contributed by atoms with Crippen LogP contribution in [0.25, 0.3) is 0 Å². The lowest BCUT2D eigenvalue weighted by Gasteiger charge is -2.33. The molecular formula is C14H27NO. The van der Waals surface area contributed by atoms with E-state index < -0.39 is 0 Å². The maximum Gasteiger partial charge on any atom is 0.0623 e. The lowest BCUT2D eigenvalue weighted by atomic mass is 9.82. The third-order valence-corrected chi connectivity index (χ3v) is 4.08. The van der Waals surface area contributed by atoms with E-state index in [1.807, 2.05) is 0 Å². The van der Waals surface area contributed by atoms with Crippen molar-refractivity contribution in [1.82, 2.24) is 5.32 Å². The Labute approximate surface area is 100 Å². The Balaban J connectivity index is 1.68. The van der Waals surface area contributed by atoms with Gasteiger partial charge in [-0.25, -0.2) is 0 Å². The van der Waals surface area contributed by atoms with Crippen molar-refractivity contribution in [2.24, 2.45) is 11.8 Å². The van der Waals surface area contributed by atoms with E-state index in [-0.39, 0.29) is 0 Å². The SMILES string of the molecule is CC1CC(C)CC(OCC2CCCCN2)C1. The Morgan fingerprint density at radius 1 is 1.06 bits per heavy atom. The van der Waals surface area contributed by atoms with Crippen molar-refractivity contribution in [3.05, 3.63) is 0 Å². The van der Waals surface area contributed by atoms with Crippen molar-refractivity contribution in [2.75, 3.05) is 13.2 Å². The van der Waals surface area contributed by atoms with E-state index in [2.05, 4.69) is 19.2 Å².